The van der Waals surface area contributed by atoms with Gasteiger partial charge in [0.25, 0.3) is 0 Å². The van der Waals surface area contributed by atoms with Crippen molar-refractivity contribution in [2.75, 3.05) is 39.5 Å². The molecule has 0 aliphatic heterocycles. The molecule has 5 heteroatoms. The highest BCUT2D eigenvalue weighted by atomic mass is 16.5. The maximum Gasteiger partial charge on any atom is 0.122 e. The minimum Gasteiger partial charge on any atom is -0.491 e. The molecular formula is C16H27NO4. The van der Waals surface area contributed by atoms with Gasteiger partial charge in [-0.05, 0) is 17.5 Å². The lowest BCUT2D eigenvalue weighted by Crippen LogP contribution is -2.38. The molecule has 1 aromatic carbocycles. The summed E-state index contributed by atoms with van der Waals surface area (Å²) in [5.41, 5.74) is 1.12. The number of hydrogen-bond acceptors (Lipinski definition) is 5. The Bertz CT molecular complexity index is 392. The van der Waals surface area contributed by atoms with Gasteiger partial charge in [-0.25, -0.2) is 0 Å². The second-order valence-corrected chi connectivity index (χ2v) is 5.41. The number of rotatable bonds is 10. The van der Waals surface area contributed by atoms with Crippen LogP contribution < -0.4 is 4.74 Å². The topological polar surface area (TPSA) is 73.2 Å². The van der Waals surface area contributed by atoms with Crippen LogP contribution in [-0.4, -0.2) is 65.8 Å². The molecule has 0 fully saturated rings. The summed E-state index contributed by atoms with van der Waals surface area (Å²) < 4.78 is 5.72. The van der Waals surface area contributed by atoms with Gasteiger partial charge in [-0.2, -0.15) is 0 Å². The highest BCUT2D eigenvalue weighted by molar-refractivity contribution is 5.35. The summed E-state index contributed by atoms with van der Waals surface area (Å²) in [4.78, 5) is 1.81. The van der Waals surface area contributed by atoms with Crippen LogP contribution in [0.2, 0.25) is 0 Å². The molecule has 0 aromatic heterocycles. The maximum atomic E-state index is 10.0. The smallest absolute Gasteiger partial charge is 0.122 e. The molecule has 0 amide bonds. The van der Waals surface area contributed by atoms with E-state index in [-0.39, 0.29) is 19.8 Å². The van der Waals surface area contributed by atoms with E-state index in [1.807, 2.05) is 29.2 Å². The third-order valence-corrected chi connectivity index (χ3v) is 3.27. The number of benzene rings is 1. The van der Waals surface area contributed by atoms with Crippen LogP contribution in [0.4, 0.5) is 0 Å². The van der Waals surface area contributed by atoms with Crippen LogP contribution in [0.1, 0.15) is 25.3 Å². The van der Waals surface area contributed by atoms with E-state index in [1.165, 1.54) is 0 Å². The van der Waals surface area contributed by atoms with Gasteiger partial charge in [0.1, 0.15) is 18.5 Å². The first-order chi connectivity index (χ1) is 10.1. The van der Waals surface area contributed by atoms with Crippen molar-refractivity contribution in [1.29, 1.82) is 0 Å². The summed E-state index contributed by atoms with van der Waals surface area (Å²) in [7, 11) is 0. The Morgan fingerprint density at radius 3 is 2.29 bits per heavy atom. The fourth-order valence-corrected chi connectivity index (χ4v) is 2.20. The minimum absolute atomic E-state index is 0.00373. The van der Waals surface area contributed by atoms with Crippen LogP contribution in [0.25, 0.3) is 0 Å². The van der Waals surface area contributed by atoms with Gasteiger partial charge < -0.3 is 20.1 Å². The first-order valence-corrected chi connectivity index (χ1v) is 7.42. The Kier molecular flexibility index (Phi) is 8.30. The zero-order valence-corrected chi connectivity index (χ0v) is 12.9. The van der Waals surface area contributed by atoms with Gasteiger partial charge in [0.15, 0.2) is 0 Å². The summed E-state index contributed by atoms with van der Waals surface area (Å²) in [5.74, 6) is 1.15. The summed E-state index contributed by atoms with van der Waals surface area (Å²) in [6.45, 7) is 5.63. The average molecular weight is 297 g/mol. The monoisotopic (exact) mass is 297 g/mol. The molecule has 0 saturated carbocycles. The van der Waals surface area contributed by atoms with Crippen LogP contribution in [0, 0.1) is 0 Å². The van der Waals surface area contributed by atoms with Gasteiger partial charge in [0, 0.05) is 19.6 Å². The number of para-hydroxylation sites is 1. The van der Waals surface area contributed by atoms with E-state index >= 15 is 0 Å². The number of nitrogens with zero attached hydrogens (tertiary/aromatic N) is 1. The standard InChI is InChI=1S/C16H27NO4/c1-13(2)15-5-3-4-6-16(15)21-12-14(20)11-17(7-9-18)8-10-19/h3-6,13-14,18-20H,7-12H2,1-2H3. The molecule has 0 saturated heterocycles. The first-order valence-electron chi connectivity index (χ1n) is 7.42. The quantitative estimate of drug-likeness (QED) is 0.597. The molecule has 1 rings (SSSR count). The van der Waals surface area contributed by atoms with Crippen LogP contribution in [0.15, 0.2) is 24.3 Å². The van der Waals surface area contributed by atoms with E-state index in [0.717, 1.165) is 11.3 Å². The van der Waals surface area contributed by atoms with E-state index < -0.39 is 6.10 Å². The maximum absolute atomic E-state index is 10.0. The Balaban J connectivity index is 2.50. The Morgan fingerprint density at radius 1 is 1.10 bits per heavy atom. The average Bonchev–Trinajstić information content (AvgIpc) is 2.46. The molecule has 1 atom stereocenters. The van der Waals surface area contributed by atoms with Gasteiger partial charge in [0.05, 0.1) is 13.2 Å². The predicted molar refractivity (Wildman–Crippen MR) is 82.6 cm³/mol. The molecule has 1 aromatic rings. The second-order valence-electron chi connectivity index (χ2n) is 5.41. The lowest BCUT2D eigenvalue weighted by Gasteiger charge is -2.24. The van der Waals surface area contributed by atoms with Crippen molar-refractivity contribution in [3.63, 3.8) is 0 Å². The molecule has 0 spiro atoms. The molecule has 0 aliphatic carbocycles. The molecule has 5 nitrogen and oxygen atoms in total. The normalized spacial score (nSPS) is 12.9. The first kappa shape index (κ1) is 17.9. The molecule has 21 heavy (non-hydrogen) atoms. The molecule has 0 bridgehead atoms. The van der Waals surface area contributed by atoms with Crippen LogP contribution in [0.5, 0.6) is 5.75 Å². The van der Waals surface area contributed by atoms with Gasteiger partial charge in [-0.3, -0.25) is 4.90 Å². The largest absolute Gasteiger partial charge is 0.491 e. The zero-order valence-electron chi connectivity index (χ0n) is 12.9. The molecule has 1 unspecified atom stereocenters. The van der Waals surface area contributed by atoms with Crippen molar-refractivity contribution in [3.8, 4) is 5.75 Å². The van der Waals surface area contributed by atoms with Gasteiger partial charge in [-0.1, -0.05) is 32.0 Å². The van der Waals surface area contributed by atoms with E-state index in [0.29, 0.717) is 25.6 Å². The van der Waals surface area contributed by atoms with Gasteiger partial charge in [-0.15, -0.1) is 0 Å². The fourth-order valence-electron chi connectivity index (χ4n) is 2.20. The molecule has 0 radical (unpaired) electrons. The summed E-state index contributed by atoms with van der Waals surface area (Å²) >= 11 is 0. The second kappa shape index (κ2) is 9.73. The predicted octanol–water partition coefficient (Wildman–Crippen LogP) is 0.836. The van der Waals surface area contributed by atoms with E-state index in [9.17, 15) is 5.11 Å². The third kappa shape index (κ3) is 6.44. The number of aliphatic hydroxyl groups excluding tert-OH is 3. The highest BCUT2D eigenvalue weighted by Gasteiger charge is 2.13. The number of hydrogen-bond donors (Lipinski definition) is 3. The van der Waals surface area contributed by atoms with Crippen molar-refractivity contribution >= 4 is 0 Å². The van der Waals surface area contributed by atoms with Crippen LogP contribution in [0.3, 0.4) is 0 Å². The lowest BCUT2D eigenvalue weighted by atomic mass is 10.0. The third-order valence-electron chi connectivity index (χ3n) is 3.27. The van der Waals surface area contributed by atoms with Gasteiger partial charge >= 0.3 is 0 Å². The van der Waals surface area contributed by atoms with Crippen molar-refractivity contribution < 1.29 is 20.1 Å². The summed E-state index contributed by atoms with van der Waals surface area (Å²) in [6, 6.07) is 7.82. The molecular weight excluding hydrogens is 270 g/mol. The molecule has 3 N–H and O–H groups in total. The van der Waals surface area contributed by atoms with E-state index in [2.05, 4.69) is 13.8 Å². The Morgan fingerprint density at radius 2 is 1.71 bits per heavy atom. The van der Waals surface area contributed by atoms with Gasteiger partial charge in [0.2, 0.25) is 0 Å². The van der Waals surface area contributed by atoms with E-state index in [4.69, 9.17) is 14.9 Å². The SMILES string of the molecule is CC(C)c1ccccc1OCC(O)CN(CCO)CCO. The highest BCUT2D eigenvalue weighted by Crippen LogP contribution is 2.25. The molecule has 0 aliphatic rings. The van der Waals surface area contributed by atoms with E-state index in [1.54, 1.807) is 0 Å². The zero-order chi connectivity index (χ0) is 15.7. The van der Waals surface area contributed by atoms with Crippen molar-refractivity contribution in [2.45, 2.75) is 25.9 Å². The fraction of sp³-hybridized carbons (Fsp3) is 0.625. The number of ether oxygens (including phenoxy) is 1. The summed E-state index contributed by atoms with van der Waals surface area (Å²) in [6.07, 6.45) is -0.664. The Hall–Kier alpha value is -1.14. The lowest BCUT2D eigenvalue weighted by molar-refractivity contribution is 0.0549. The summed E-state index contributed by atoms with van der Waals surface area (Å²) in [5, 5.41) is 27.9. The van der Waals surface area contributed by atoms with Crippen molar-refractivity contribution in [1.82, 2.24) is 4.90 Å². The molecule has 120 valence electrons. The minimum atomic E-state index is -0.664. The number of aliphatic hydroxyl groups is 3. The van der Waals surface area contributed by atoms with Crippen LogP contribution in [-0.2, 0) is 0 Å². The Labute approximate surface area is 126 Å². The van der Waals surface area contributed by atoms with Crippen LogP contribution >= 0.6 is 0 Å². The van der Waals surface area contributed by atoms with Crippen molar-refractivity contribution in [3.05, 3.63) is 29.8 Å². The molecule has 0 heterocycles. The van der Waals surface area contributed by atoms with Crippen molar-refractivity contribution in [2.24, 2.45) is 0 Å².